The average molecular weight is 361 g/mol. The van der Waals surface area contributed by atoms with Crippen molar-refractivity contribution in [3.63, 3.8) is 0 Å². The second-order valence-electron chi connectivity index (χ2n) is 5.66. The number of halogens is 1. The van der Waals surface area contributed by atoms with Gasteiger partial charge in [0.05, 0.1) is 10.9 Å². The number of para-hydroxylation sites is 1. The number of ether oxygens (including phenoxy) is 1. The van der Waals surface area contributed by atoms with Gasteiger partial charge in [0.15, 0.2) is 5.78 Å². The number of hydrogen-bond acceptors (Lipinski definition) is 4. The summed E-state index contributed by atoms with van der Waals surface area (Å²) < 4.78 is 5.87. The Labute approximate surface area is 155 Å². The molecule has 4 aromatic rings. The topological polar surface area (TPSA) is 52.1 Å². The SMILES string of the molecule is O=C(c1ccc(Cl)cc1)c1ccc(Oc2ncnc3ccccc23)cc1. The highest BCUT2D eigenvalue weighted by atomic mass is 35.5. The minimum atomic E-state index is -0.0688. The van der Waals surface area contributed by atoms with Gasteiger partial charge in [-0.25, -0.2) is 9.97 Å². The number of benzene rings is 3. The zero-order valence-electron chi connectivity index (χ0n) is 13.6. The van der Waals surface area contributed by atoms with Gasteiger partial charge in [0.2, 0.25) is 5.88 Å². The fraction of sp³-hybridized carbons (Fsp3) is 0. The number of carbonyl (C=O) groups excluding carboxylic acids is 1. The average Bonchev–Trinajstić information content (AvgIpc) is 2.69. The second kappa shape index (κ2) is 6.94. The molecule has 0 amide bonds. The third-order valence-electron chi connectivity index (χ3n) is 3.94. The van der Waals surface area contributed by atoms with E-state index in [2.05, 4.69) is 9.97 Å². The lowest BCUT2D eigenvalue weighted by molar-refractivity contribution is 0.103. The summed E-state index contributed by atoms with van der Waals surface area (Å²) in [4.78, 5) is 20.9. The molecule has 0 radical (unpaired) electrons. The number of fused-ring (bicyclic) bond motifs is 1. The first-order valence-electron chi connectivity index (χ1n) is 7.99. The van der Waals surface area contributed by atoms with E-state index in [0.29, 0.717) is 27.8 Å². The quantitative estimate of drug-likeness (QED) is 0.463. The van der Waals surface area contributed by atoms with Crippen LogP contribution in [-0.2, 0) is 0 Å². The van der Waals surface area contributed by atoms with Crippen molar-refractivity contribution in [2.24, 2.45) is 0 Å². The molecule has 1 heterocycles. The fourth-order valence-electron chi connectivity index (χ4n) is 2.62. The second-order valence-corrected chi connectivity index (χ2v) is 6.09. The largest absolute Gasteiger partial charge is 0.438 e. The molecular weight excluding hydrogens is 348 g/mol. The normalized spacial score (nSPS) is 10.7. The Morgan fingerprint density at radius 1 is 0.808 bits per heavy atom. The van der Waals surface area contributed by atoms with Gasteiger partial charge >= 0.3 is 0 Å². The van der Waals surface area contributed by atoms with Crippen LogP contribution in [0.15, 0.2) is 79.1 Å². The van der Waals surface area contributed by atoms with Gasteiger partial charge in [-0.2, -0.15) is 0 Å². The van der Waals surface area contributed by atoms with E-state index in [4.69, 9.17) is 16.3 Å². The summed E-state index contributed by atoms with van der Waals surface area (Å²) in [7, 11) is 0. The van der Waals surface area contributed by atoms with Gasteiger partial charge in [0.25, 0.3) is 0 Å². The van der Waals surface area contributed by atoms with Crippen molar-refractivity contribution in [3.8, 4) is 11.6 Å². The molecule has 0 aliphatic carbocycles. The number of aromatic nitrogens is 2. The first-order valence-corrected chi connectivity index (χ1v) is 8.36. The van der Waals surface area contributed by atoms with Crippen LogP contribution in [-0.4, -0.2) is 15.8 Å². The fourth-order valence-corrected chi connectivity index (χ4v) is 2.74. The first kappa shape index (κ1) is 16.2. The van der Waals surface area contributed by atoms with Crippen molar-refractivity contribution in [1.29, 1.82) is 0 Å². The van der Waals surface area contributed by atoms with Crippen LogP contribution in [0.1, 0.15) is 15.9 Å². The molecule has 0 saturated carbocycles. The molecule has 26 heavy (non-hydrogen) atoms. The van der Waals surface area contributed by atoms with Crippen molar-refractivity contribution < 1.29 is 9.53 Å². The highest BCUT2D eigenvalue weighted by Crippen LogP contribution is 2.26. The van der Waals surface area contributed by atoms with Crippen molar-refractivity contribution in [2.75, 3.05) is 0 Å². The van der Waals surface area contributed by atoms with E-state index in [9.17, 15) is 4.79 Å². The maximum Gasteiger partial charge on any atom is 0.230 e. The van der Waals surface area contributed by atoms with Gasteiger partial charge < -0.3 is 4.74 Å². The summed E-state index contributed by atoms with van der Waals surface area (Å²) in [5, 5.41) is 1.43. The number of ketones is 1. The molecule has 0 bridgehead atoms. The molecule has 0 saturated heterocycles. The van der Waals surface area contributed by atoms with E-state index in [1.165, 1.54) is 6.33 Å². The number of hydrogen-bond donors (Lipinski definition) is 0. The van der Waals surface area contributed by atoms with Crippen molar-refractivity contribution in [1.82, 2.24) is 9.97 Å². The molecule has 4 rings (SSSR count). The molecule has 0 aliphatic heterocycles. The van der Waals surface area contributed by atoms with Crippen LogP contribution in [0.2, 0.25) is 5.02 Å². The van der Waals surface area contributed by atoms with Gasteiger partial charge in [-0.15, -0.1) is 0 Å². The minimum Gasteiger partial charge on any atom is -0.438 e. The van der Waals surface area contributed by atoms with Crippen LogP contribution >= 0.6 is 11.6 Å². The molecule has 0 spiro atoms. The lowest BCUT2D eigenvalue weighted by Gasteiger charge is -2.08. The minimum absolute atomic E-state index is 0.0688. The lowest BCUT2D eigenvalue weighted by atomic mass is 10.0. The smallest absolute Gasteiger partial charge is 0.230 e. The van der Waals surface area contributed by atoms with Gasteiger partial charge in [-0.3, -0.25) is 4.79 Å². The molecule has 1 aromatic heterocycles. The highest BCUT2D eigenvalue weighted by molar-refractivity contribution is 6.30. The van der Waals surface area contributed by atoms with Gasteiger partial charge in [0, 0.05) is 16.1 Å². The number of nitrogens with zero attached hydrogens (tertiary/aromatic N) is 2. The van der Waals surface area contributed by atoms with Crippen LogP contribution in [0.4, 0.5) is 0 Å². The Hall–Kier alpha value is -3.24. The Morgan fingerprint density at radius 2 is 1.46 bits per heavy atom. The maximum absolute atomic E-state index is 12.5. The van der Waals surface area contributed by atoms with E-state index in [1.54, 1.807) is 48.5 Å². The summed E-state index contributed by atoms with van der Waals surface area (Å²) in [6, 6.07) is 21.4. The van der Waals surface area contributed by atoms with E-state index in [0.717, 1.165) is 10.9 Å². The predicted molar refractivity (Wildman–Crippen MR) is 101 cm³/mol. The van der Waals surface area contributed by atoms with Crippen molar-refractivity contribution >= 4 is 28.3 Å². The van der Waals surface area contributed by atoms with Gasteiger partial charge in [-0.1, -0.05) is 23.7 Å². The van der Waals surface area contributed by atoms with Crippen LogP contribution in [0, 0.1) is 0 Å². The molecule has 4 nitrogen and oxygen atoms in total. The monoisotopic (exact) mass is 360 g/mol. The van der Waals surface area contributed by atoms with Crippen molar-refractivity contribution in [2.45, 2.75) is 0 Å². The van der Waals surface area contributed by atoms with Crippen LogP contribution < -0.4 is 4.74 Å². The summed E-state index contributed by atoms with van der Waals surface area (Å²) in [5.74, 6) is 1.01. The Bertz CT molecular complexity index is 1070. The molecule has 5 heteroatoms. The molecule has 126 valence electrons. The van der Waals surface area contributed by atoms with Crippen LogP contribution in [0.5, 0.6) is 11.6 Å². The zero-order valence-corrected chi connectivity index (χ0v) is 14.4. The Kier molecular flexibility index (Phi) is 4.33. The highest BCUT2D eigenvalue weighted by Gasteiger charge is 2.10. The summed E-state index contributed by atoms with van der Waals surface area (Å²) >= 11 is 5.86. The molecule has 0 fully saturated rings. The standard InChI is InChI=1S/C21H13ClN2O2/c22-16-9-5-14(6-10-16)20(25)15-7-11-17(12-8-15)26-21-18-3-1-2-4-19(18)23-13-24-21/h1-13H. The summed E-state index contributed by atoms with van der Waals surface area (Å²) in [6.45, 7) is 0. The summed E-state index contributed by atoms with van der Waals surface area (Å²) in [5.41, 5.74) is 1.98. The molecule has 0 unspecified atom stereocenters. The Balaban J connectivity index is 1.58. The zero-order chi connectivity index (χ0) is 17.9. The molecule has 0 atom stereocenters. The number of carbonyl (C=O) groups is 1. The first-order chi connectivity index (χ1) is 12.7. The van der Waals surface area contributed by atoms with E-state index in [1.807, 2.05) is 24.3 Å². The predicted octanol–water partition coefficient (Wildman–Crippen LogP) is 5.31. The molecule has 3 aromatic carbocycles. The molecular formula is C21H13ClN2O2. The molecule has 0 N–H and O–H groups in total. The Morgan fingerprint density at radius 3 is 2.19 bits per heavy atom. The van der Waals surface area contributed by atoms with Gasteiger partial charge in [-0.05, 0) is 60.7 Å². The third-order valence-corrected chi connectivity index (χ3v) is 4.20. The van der Waals surface area contributed by atoms with E-state index < -0.39 is 0 Å². The molecule has 0 aliphatic rings. The lowest BCUT2D eigenvalue weighted by Crippen LogP contribution is -2.00. The van der Waals surface area contributed by atoms with Gasteiger partial charge in [0.1, 0.15) is 12.1 Å². The van der Waals surface area contributed by atoms with Crippen LogP contribution in [0.3, 0.4) is 0 Å². The summed E-state index contributed by atoms with van der Waals surface area (Å²) in [6.07, 6.45) is 1.47. The number of rotatable bonds is 4. The van der Waals surface area contributed by atoms with E-state index in [-0.39, 0.29) is 5.78 Å². The third kappa shape index (κ3) is 3.27. The van der Waals surface area contributed by atoms with E-state index >= 15 is 0 Å². The maximum atomic E-state index is 12.5. The van der Waals surface area contributed by atoms with Crippen molar-refractivity contribution in [3.05, 3.63) is 95.3 Å². The van der Waals surface area contributed by atoms with Crippen LogP contribution in [0.25, 0.3) is 10.9 Å².